The third-order valence-electron chi connectivity index (χ3n) is 3.00. The Kier molecular flexibility index (Phi) is 6.16. The van der Waals surface area contributed by atoms with Crippen LogP contribution in [0.1, 0.15) is 44.8 Å². The summed E-state index contributed by atoms with van der Waals surface area (Å²) in [4.78, 5) is 0. The van der Waals surface area contributed by atoms with E-state index in [2.05, 4.69) is 13.8 Å². The maximum Gasteiger partial charge on any atom is 0.119 e. The number of ether oxygens (including phenoxy) is 1. The highest BCUT2D eigenvalue weighted by molar-refractivity contribution is 5.29. The van der Waals surface area contributed by atoms with Crippen LogP contribution >= 0.6 is 0 Å². The molecule has 102 valence electrons. The fourth-order valence-electron chi connectivity index (χ4n) is 2.03. The van der Waals surface area contributed by atoms with E-state index in [0.717, 1.165) is 17.7 Å². The van der Waals surface area contributed by atoms with E-state index < -0.39 is 6.10 Å². The molecule has 0 spiro atoms. The Morgan fingerprint density at radius 1 is 1.17 bits per heavy atom. The molecule has 3 heteroatoms. The minimum Gasteiger partial charge on any atom is -0.497 e. The van der Waals surface area contributed by atoms with Gasteiger partial charge in [0, 0.05) is 0 Å². The summed E-state index contributed by atoms with van der Waals surface area (Å²) in [6.45, 7) is 4.17. The highest BCUT2D eigenvalue weighted by Crippen LogP contribution is 2.24. The van der Waals surface area contributed by atoms with Crippen LogP contribution in [0.3, 0.4) is 0 Å². The zero-order chi connectivity index (χ0) is 13.5. The van der Waals surface area contributed by atoms with Crippen LogP contribution in [0.4, 0.5) is 0 Å². The van der Waals surface area contributed by atoms with Crippen molar-refractivity contribution in [2.45, 2.75) is 45.3 Å². The fourth-order valence-corrected chi connectivity index (χ4v) is 2.03. The van der Waals surface area contributed by atoms with E-state index in [1.807, 2.05) is 24.3 Å². The van der Waals surface area contributed by atoms with Crippen LogP contribution in [0.25, 0.3) is 0 Å². The van der Waals surface area contributed by atoms with Gasteiger partial charge in [0.05, 0.1) is 19.3 Å². The minimum absolute atomic E-state index is 0.328. The zero-order valence-electron chi connectivity index (χ0n) is 11.5. The molecule has 18 heavy (non-hydrogen) atoms. The SMILES string of the molecule is COc1cccc(C(O)CCC(O)CC(C)C)c1. The number of aliphatic hydroxyl groups is 2. The Balaban J connectivity index is 2.46. The van der Waals surface area contributed by atoms with Crippen LogP contribution in [0.2, 0.25) is 0 Å². The smallest absolute Gasteiger partial charge is 0.119 e. The molecule has 0 bridgehead atoms. The van der Waals surface area contributed by atoms with Crippen molar-refractivity contribution in [3.63, 3.8) is 0 Å². The van der Waals surface area contributed by atoms with Crippen molar-refractivity contribution >= 4 is 0 Å². The molecular formula is C15H24O3. The maximum atomic E-state index is 10.1. The largest absolute Gasteiger partial charge is 0.497 e. The Labute approximate surface area is 109 Å². The third-order valence-corrected chi connectivity index (χ3v) is 3.00. The van der Waals surface area contributed by atoms with Gasteiger partial charge in [-0.2, -0.15) is 0 Å². The average Bonchev–Trinajstić information content (AvgIpc) is 2.35. The van der Waals surface area contributed by atoms with Crippen molar-refractivity contribution in [1.29, 1.82) is 0 Å². The molecule has 0 aliphatic rings. The van der Waals surface area contributed by atoms with Crippen LogP contribution in [0.5, 0.6) is 5.75 Å². The van der Waals surface area contributed by atoms with Crippen molar-refractivity contribution in [3.8, 4) is 5.75 Å². The predicted octanol–water partition coefficient (Wildman–Crippen LogP) is 2.92. The molecule has 2 N–H and O–H groups in total. The number of aliphatic hydroxyl groups excluding tert-OH is 2. The van der Waals surface area contributed by atoms with Crippen molar-refractivity contribution < 1.29 is 14.9 Å². The van der Waals surface area contributed by atoms with E-state index in [0.29, 0.717) is 18.8 Å². The van der Waals surface area contributed by atoms with Gasteiger partial charge in [0.15, 0.2) is 0 Å². The molecule has 0 heterocycles. The van der Waals surface area contributed by atoms with Crippen molar-refractivity contribution in [2.24, 2.45) is 5.92 Å². The van der Waals surface area contributed by atoms with Crippen molar-refractivity contribution in [3.05, 3.63) is 29.8 Å². The summed E-state index contributed by atoms with van der Waals surface area (Å²) in [7, 11) is 1.61. The van der Waals surface area contributed by atoms with E-state index in [1.165, 1.54) is 0 Å². The summed E-state index contributed by atoms with van der Waals surface area (Å²) in [5.41, 5.74) is 0.839. The van der Waals surface area contributed by atoms with Crippen LogP contribution in [-0.4, -0.2) is 23.4 Å². The highest BCUT2D eigenvalue weighted by Gasteiger charge is 2.12. The molecule has 0 aliphatic carbocycles. The second-order valence-corrected chi connectivity index (χ2v) is 5.15. The number of benzene rings is 1. The maximum absolute atomic E-state index is 10.1. The van der Waals surface area contributed by atoms with Gasteiger partial charge in [-0.3, -0.25) is 0 Å². The molecule has 0 aliphatic heterocycles. The molecule has 0 fully saturated rings. The van der Waals surface area contributed by atoms with E-state index >= 15 is 0 Å². The predicted molar refractivity (Wildman–Crippen MR) is 72.6 cm³/mol. The zero-order valence-corrected chi connectivity index (χ0v) is 11.5. The summed E-state index contributed by atoms with van der Waals surface area (Å²) in [5, 5.41) is 19.8. The second-order valence-electron chi connectivity index (χ2n) is 5.15. The highest BCUT2D eigenvalue weighted by atomic mass is 16.5. The number of rotatable bonds is 7. The molecular weight excluding hydrogens is 228 g/mol. The number of hydrogen-bond acceptors (Lipinski definition) is 3. The molecule has 3 nitrogen and oxygen atoms in total. The Morgan fingerprint density at radius 3 is 2.50 bits per heavy atom. The van der Waals surface area contributed by atoms with Gasteiger partial charge in [0.1, 0.15) is 5.75 Å². The lowest BCUT2D eigenvalue weighted by atomic mass is 9.98. The average molecular weight is 252 g/mol. The third kappa shape index (κ3) is 5.07. The lowest BCUT2D eigenvalue weighted by molar-refractivity contribution is 0.101. The van der Waals surface area contributed by atoms with Crippen molar-refractivity contribution in [1.82, 2.24) is 0 Å². The monoisotopic (exact) mass is 252 g/mol. The summed E-state index contributed by atoms with van der Waals surface area (Å²) < 4.78 is 5.12. The first kappa shape index (κ1) is 15.0. The molecule has 0 saturated carbocycles. The van der Waals surface area contributed by atoms with E-state index in [9.17, 15) is 10.2 Å². The van der Waals surface area contributed by atoms with Crippen LogP contribution in [-0.2, 0) is 0 Å². The van der Waals surface area contributed by atoms with Gasteiger partial charge < -0.3 is 14.9 Å². The lowest BCUT2D eigenvalue weighted by Crippen LogP contribution is -2.12. The van der Waals surface area contributed by atoms with Crippen LogP contribution in [0.15, 0.2) is 24.3 Å². The first-order valence-electron chi connectivity index (χ1n) is 6.53. The molecule has 2 atom stereocenters. The van der Waals surface area contributed by atoms with E-state index in [-0.39, 0.29) is 6.10 Å². The fraction of sp³-hybridized carbons (Fsp3) is 0.600. The van der Waals surface area contributed by atoms with Gasteiger partial charge in [-0.25, -0.2) is 0 Å². The molecule has 0 radical (unpaired) electrons. The van der Waals surface area contributed by atoms with Gasteiger partial charge in [0.25, 0.3) is 0 Å². The first-order valence-corrected chi connectivity index (χ1v) is 6.53. The molecule has 0 amide bonds. The quantitative estimate of drug-likeness (QED) is 0.784. The van der Waals surface area contributed by atoms with Crippen LogP contribution < -0.4 is 4.74 Å². The molecule has 1 aromatic carbocycles. The van der Waals surface area contributed by atoms with Gasteiger partial charge in [-0.1, -0.05) is 26.0 Å². The Bertz CT molecular complexity index is 349. The summed E-state index contributed by atoms with van der Waals surface area (Å²) in [6, 6.07) is 7.42. The van der Waals surface area contributed by atoms with Gasteiger partial charge in [-0.15, -0.1) is 0 Å². The van der Waals surface area contributed by atoms with Gasteiger partial charge in [-0.05, 0) is 42.9 Å². The number of hydrogen-bond donors (Lipinski definition) is 2. The summed E-state index contributed by atoms with van der Waals surface area (Å²) >= 11 is 0. The van der Waals surface area contributed by atoms with Crippen LogP contribution in [0, 0.1) is 5.92 Å². The first-order chi connectivity index (χ1) is 8.52. The van der Waals surface area contributed by atoms with Gasteiger partial charge in [0.2, 0.25) is 0 Å². The number of methoxy groups -OCH3 is 1. The molecule has 0 saturated heterocycles. The summed E-state index contributed by atoms with van der Waals surface area (Å²) in [5.74, 6) is 1.23. The second kappa shape index (κ2) is 7.39. The van der Waals surface area contributed by atoms with E-state index in [1.54, 1.807) is 7.11 Å². The Morgan fingerprint density at radius 2 is 1.89 bits per heavy atom. The normalized spacial score (nSPS) is 14.6. The minimum atomic E-state index is -0.540. The topological polar surface area (TPSA) is 49.7 Å². The molecule has 1 aromatic rings. The molecule has 2 unspecified atom stereocenters. The summed E-state index contributed by atoms with van der Waals surface area (Å²) in [6.07, 6.45) is 1.11. The molecule has 1 rings (SSSR count). The standard InChI is InChI=1S/C15H24O3/c1-11(2)9-13(16)7-8-15(17)12-5-4-6-14(10-12)18-3/h4-6,10-11,13,15-17H,7-9H2,1-3H3. The van der Waals surface area contributed by atoms with E-state index in [4.69, 9.17) is 4.74 Å². The van der Waals surface area contributed by atoms with Crippen molar-refractivity contribution in [2.75, 3.05) is 7.11 Å². The Hall–Kier alpha value is -1.06. The van der Waals surface area contributed by atoms with Gasteiger partial charge >= 0.3 is 0 Å². The lowest BCUT2D eigenvalue weighted by Gasteiger charge is -2.16. The molecule has 0 aromatic heterocycles.